The first kappa shape index (κ1) is 21.4. The number of benzene rings is 3. The van der Waals surface area contributed by atoms with Gasteiger partial charge in [0, 0.05) is 17.8 Å². The second-order valence-corrected chi connectivity index (χ2v) is 8.39. The Labute approximate surface area is 177 Å². The van der Waals surface area contributed by atoms with Gasteiger partial charge in [-0.2, -0.15) is 0 Å². The SMILES string of the molecule is COc1ccc(CCCNC(=O)c2ccc(S(=O)(=O)Nc3ccccc3)cc2)cc1. The number of aryl methyl sites for hydroxylation is 1. The lowest BCUT2D eigenvalue weighted by Crippen LogP contribution is -2.24. The molecule has 3 rings (SSSR count). The Hall–Kier alpha value is -3.32. The Kier molecular flexibility index (Phi) is 7.08. The first-order valence-electron chi connectivity index (χ1n) is 9.57. The maximum Gasteiger partial charge on any atom is 0.261 e. The van der Waals surface area contributed by atoms with Crippen molar-refractivity contribution in [2.45, 2.75) is 17.7 Å². The van der Waals surface area contributed by atoms with Gasteiger partial charge >= 0.3 is 0 Å². The monoisotopic (exact) mass is 424 g/mol. The number of anilines is 1. The van der Waals surface area contributed by atoms with Crippen LogP contribution in [0, 0.1) is 0 Å². The predicted molar refractivity (Wildman–Crippen MR) is 117 cm³/mol. The molecule has 0 saturated carbocycles. The fourth-order valence-electron chi connectivity index (χ4n) is 2.89. The normalized spacial score (nSPS) is 11.0. The summed E-state index contributed by atoms with van der Waals surface area (Å²) in [5.74, 6) is 0.584. The standard InChI is InChI=1S/C23H24N2O4S/c1-29-21-13-9-18(10-14-21)6-5-17-24-23(26)19-11-15-22(16-12-19)30(27,28)25-20-7-3-2-4-8-20/h2-4,7-16,25H,5-6,17H2,1H3,(H,24,26). The molecule has 3 aromatic carbocycles. The molecule has 0 bridgehead atoms. The Morgan fingerprint density at radius 1 is 0.900 bits per heavy atom. The van der Waals surface area contributed by atoms with Crippen LogP contribution in [0.4, 0.5) is 5.69 Å². The molecular formula is C23H24N2O4S. The van der Waals surface area contributed by atoms with E-state index in [0.717, 1.165) is 18.6 Å². The van der Waals surface area contributed by atoms with E-state index in [1.54, 1.807) is 31.4 Å². The van der Waals surface area contributed by atoms with Crippen molar-refractivity contribution >= 4 is 21.6 Å². The lowest BCUT2D eigenvalue weighted by Gasteiger charge is -2.09. The predicted octanol–water partition coefficient (Wildman–Crippen LogP) is 3.86. The van der Waals surface area contributed by atoms with Crippen LogP contribution in [0.1, 0.15) is 22.3 Å². The van der Waals surface area contributed by atoms with Crippen molar-refractivity contribution in [1.29, 1.82) is 0 Å². The Morgan fingerprint density at radius 2 is 1.57 bits per heavy atom. The molecule has 156 valence electrons. The number of carbonyl (C=O) groups is 1. The third-order valence-electron chi connectivity index (χ3n) is 4.54. The molecule has 0 aliphatic heterocycles. The molecule has 0 saturated heterocycles. The van der Waals surface area contributed by atoms with E-state index in [-0.39, 0.29) is 10.8 Å². The van der Waals surface area contributed by atoms with E-state index in [9.17, 15) is 13.2 Å². The molecule has 3 aromatic rings. The van der Waals surface area contributed by atoms with E-state index in [1.807, 2.05) is 30.3 Å². The number of nitrogens with one attached hydrogen (secondary N) is 2. The van der Waals surface area contributed by atoms with Gasteiger partial charge in [0.2, 0.25) is 0 Å². The third-order valence-corrected chi connectivity index (χ3v) is 5.94. The number of hydrogen-bond acceptors (Lipinski definition) is 4. The fraction of sp³-hybridized carbons (Fsp3) is 0.174. The van der Waals surface area contributed by atoms with Gasteiger partial charge in [-0.25, -0.2) is 8.42 Å². The Bertz CT molecular complexity index is 1060. The quantitative estimate of drug-likeness (QED) is 0.511. The molecule has 0 radical (unpaired) electrons. The largest absolute Gasteiger partial charge is 0.497 e. The number of para-hydroxylation sites is 1. The van der Waals surface area contributed by atoms with Gasteiger partial charge in [0.1, 0.15) is 5.75 Å². The van der Waals surface area contributed by atoms with Crippen LogP contribution in [-0.2, 0) is 16.4 Å². The minimum atomic E-state index is -3.70. The number of hydrogen-bond donors (Lipinski definition) is 2. The molecular weight excluding hydrogens is 400 g/mol. The van der Waals surface area contributed by atoms with Gasteiger partial charge in [-0.1, -0.05) is 30.3 Å². The summed E-state index contributed by atoms with van der Waals surface area (Å²) < 4.78 is 32.5. The van der Waals surface area contributed by atoms with Crippen LogP contribution < -0.4 is 14.8 Å². The molecule has 0 aromatic heterocycles. The van der Waals surface area contributed by atoms with Crippen LogP contribution in [0.5, 0.6) is 5.75 Å². The van der Waals surface area contributed by atoms with Crippen LogP contribution >= 0.6 is 0 Å². The third kappa shape index (κ3) is 5.84. The minimum absolute atomic E-state index is 0.0995. The molecule has 0 aliphatic rings. The Balaban J connectivity index is 1.50. The highest BCUT2D eigenvalue weighted by Crippen LogP contribution is 2.16. The van der Waals surface area contributed by atoms with Gasteiger partial charge < -0.3 is 10.1 Å². The van der Waals surface area contributed by atoms with Gasteiger partial charge in [-0.3, -0.25) is 9.52 Å². The smallest absolute Gasteiger partial charge is 0.261 e. The van der Waals surface area contributed by atoms with Gasteiger partial charge in [0.25, 0.3) is 15.9 Å². The minimum Gasteiger partial charge on any atom is -0.497 e. The second kappa shape index (κ2) is 9.93. The second-order valence-electron chi connectivity index (χ2n) is 6.70. The summed E-state index contributed by atoms with van der Waals surface area (Å²) in [5.41, 5.74) is 2.07. The molecule has 7 heteroatoms. The topological polar surface area (TPSA) is 84.5 Å². The van der Waals surface area contributed by atoms with Crippen molar-refractivity contribution in [1.82, 2.24) is 5.32 Å². The van der Waals surface area contributed by atoms with Gasteiger partial charge in [0.15, 0.2) is 0 Å². The fourth-order valence-corrected chi connectivity index (χ4v) is 3.95. The van der Waals surface area contributed by atoms with E-state index < -0.39 is 10.0 Å². The first-order valence-corrected chi connectivity index (χ1v) is 11.1. The van der Waals surface area contributed by atoms with Crippen molar-refractivity contribution < 1.29 is 17.9 Å². The van der Waals surface area contributed by atoms with Gasteiger partial charge in [0.05, 0.1) is 12.0 Å². The number of sulfonamides is 1. The van der Waals surface area contributed by atoms with Crippen molar-refractivity contribution in [2.24, 2.45) is 0 Å². The van der Waals surface area contributed by atoms with E-state index in [2.05, 4.69) is 10.0 Å². The average molecular weight is 425 g/mol. The van der Waals surface area contributed by atoms with Crippen LogP contribution in [0.3, 0.4) is 0 Å². The first-order chi connectivity index (χ1) is 14.5. The summed E-state index contributed by atoms with van der Waals surface area (Å²) in [4.78, 5) is 12.4. The molecule has 2 N–H and O–H groups in total. The summed E-state index contributed by atoms with van der Waals surface area (Å²) in [6.45, 7) is 0.528. The molecule has 6 nitrogen and oxygen atoms in total. The summed E-state index contributed by atoms with van der Waals surface area (Å²) in [7, 11) is -2.07. The highest BCUT2D eigenvalue weighted by molar-refractivity contribution is 7.92. The molecule has 0 unspecified atom stereocenters. The van der Waals surface area contributed by atoms with Crippen molar-refractivity contribution in [3.05, 3.63) is 90.0 Å². The number of rotatable bonds is 9. The van der Waals surface area contributed by atoms with Crippen LogP contribution in [0.2, 0.25) is 0 Å². The van der Waals surface area contributed by atoms with Crippen LogP contribution in [0.15, 0.2) is 83.8 Å². The van der Waals surface area contributed by atoms with Gasteiger partial charge in [-0.15, -0.1) is 0 Å². The van der Waals surface area contributed by atoms with E-state index in [4.69, 9.17) is 4.74 Å². The number of ether oxygens (including phenoxy) is 1. The van der Waals surface area contributed by atoms with Crippen molar-refractivity contribution in [3.8, 4) is 5.75 Å². The number of amides is 1. The maximum absolute atomic E-state index is 12.4. The lowest BCUT2D eigenvalue weighted by molar-refractivity contribution is 0.0953. The number of methoxy groups -OCH3 is 1. The van der Waals surface area contributed by atoms with Gasteiger partial charge in [-0.05, 0) is 66.9 Å². The summed E-state index contributed by atoms with van der Waals surface area (Å²) in [5, 5.41) is 2.86. The Morgan fingerprint density at radius 3 is 2.20 bits per heavy atom. The number of carbonyl (C=O) groups excluding carboxylic acids is 1. The summed E-state index contributed by atoms with van der Waals surface area (Å²) in [6, 6.07) is 22.4. The van der Waals surface area contributed by atoms with Crippen molar-refractivity contribution in [2.75, 3.05) is 18.4 Å². The molecule has 0 aliphatic carbocycles. The van der Waals surface area contributed by atoms with E-state index in [1.165, 1.54) is 29.8 Å². The average Bonchev–Trinajstić information content (AvgIpc) is 2.77. The molecule has 1 amide bonds. The lowest BCUT2D eigenvalue weighted by atomic mass is 10.1. The molecule has 30 heavy (non-hydrogen) atoms. The maximum atomic E-state index is 12.4. The zero-order chi connectivity index (χ0) is 21.4. The molecule has 0 atom stereocenters. The summed E-state index contributed by atoms with van der Waals surface area (Å²) >= 11 is 0. The highest BCUT2D eigenvalue weighted by Gasteiger charge is 2.15. The highest BCUT2D eigenvalue weighted by atomic mass is 32.2. The molecule has 0 heterocycles. The molecule has 0 fully saturated rings. The summed E-state index contributed by atoms with van der Waals surface area (Å²) in [6.07, 6.45) is 1.64. The zero-order valence-electron chi connectivity index (χ0n) is 16.7. The van der Waals surface area contributed by atoms with Crippen LogP contribution in [-0.4, -0.2) is 28.0 Å². The zero-order valence-corrected chi connectivity index (χ0v) is 17.5. The van der Waals surface area contributed by atoms with E-state index >= 15 is 0 Å². The van der Waals surface area contributed by atoms with E-state index in [0.29, 0.717) is 17.8 Å². The molecule has 0 spiro atoms. The van der Waals surface area contributed by atoms with Crippen LogP contribution in [0.25, 0.3) is 0 Å². The van der Waals surface area contributed by atoms with Crippen molar-refractivity contribution in [3.63, 3.8) is 0 Å².